The standard InChI is InChI=1S/C25H31N5O2/c1-29-11-13-30(14-12-29)16-24(31)26-20-9-10-22-19(15-20)17-32-25(27-22)28-23-8-4-6-18-5-2-3-7-21(18)23/h2-3,5,7,9-10,15,23H,4,6,8,11-14,16-17H2,1H3,(H,26,31)(H,27,28)/t23-/m1/s1. The molecule has 1 amide bonds. The Morgan fingerprint density at radius 1 is 1.12 bits per heavy atom. The summed E-state index contributed by atoms with van der Waals surface area (Å²) >= 11 is 0. The predicted molar refractivity (Wildman–Crippen MR) is 126 cm³/mol. The molecule has 7 heteroatoms. The lowest BCUT2D eigenvalue weighted by molar-refractivity contribution is -0.117. The molecule has 0 radical (unpaired) electrons. The molecule has 3 aliphatic rings. The predicted octanol–water partition coefficient (Wildman–Crippen LogP) is 3.06. The van der Waals surface area contributed by atoms with Crippen LogP contribution in [0.25, 0.3) is 0 Å². The summed E-state index contributed by atoms with van der Waals surface area (Å²) in [7, 11) is 2.12. The number of amides is 1. The van der Waals surface area contributed by atoms with Crippen LogP contribution in [0.1, 0.15) is 35.6 Å². The van der Waals surface area contributed by atoms with E-state index in [-0.39, 0.29) is 11.9 Å². The van der Waals surface area contributed by atoms with Crippen molar-refractivity contribution >= 4 is 23.3 Å². The zero-order chi connectivity index (χ0) is 21.9. The molecule has 168 valence electrons. The van der Waals surface area contributed by atoms with Crippen molar-refractivity contribution in [2.45, 2.75) is 31.9 Å². The molecule has 2 aliphatic heterocycles. The Bertz CT molecular complexity index is 1010. The maximum atomic E-state index is 12.5. The Morgan fingerprint density at radius 2 is 1.97 bits per heavy atom. The van der Waals surface area contributed by atoms with Gasteiger partial charge in [-0.05, 0) is 55.6 Å². The molecule has 1 fully saturated rings. The fourth-order valence-electron chi connectivity index (χ4n) is 4.71. The van der Waals surface area contributed by atoms with Crippen molar-refractivity contribution in [1.82, 2.24) is 15.1 Å². The Hall–Kier alpha value is -2.90. The van der Waals surface area contributed by atoms with Crippen LogP contribution in [-0.4, -0.2) is 61.5 Å². The molecule has 1 atom stereocenters. The number of carbonyl (C=O) groups excluding carboxylic acids is 1. The topological polar surface area (TPSA) is 69.2 Å². The van der Waals surface area contributed by atoms with Crippen LogP contribution < -0.4 is 10.6 Å². The highest BCUT2D eigenvalue weighted by molar-refractivity contribution is 5.92. The zero-order valence-electron chi connectivity index (χ0n) is 18.6. The summed E-state index contributed by atoms with van der Waals surface area (Å²) in [4.78, 5) is 21.6. The van der Waals surface area contributed by atoms with Crippen LogP contribution in [0.5, 0.6) is 0 Å². The van der Waals surface area contributed by atoms with E-state index in [0.717, 1.165) is 62.4 Å². The summed E-state index contributed by atoms with van der Waals surface area (Å²) in [5, 5.41) is 6.52. The van der Waals surface area contributed by atoms with E-state index in [9.17, 15) is 4.79 Å². The highest BCUT2D eigenvalue weighted by atomic mass is 16.5. The van der Waals surface area contributed by atoms with Gasteiger partial charge in [0, 0.05) is 37.4 Å². The van der Waals surface area contributed by atoms with Gasteiger partial charge in [-0.3, -0.25) is 9.69 Å². The van der Waals surface area contributed by atoms with Crippen LogP contribution in [0.15, 0.2) is 47.5 Å². The third-order valence-electron chi connectivity index (χ3n) is 6.58. The van der Waals surface area contributed by atoms with E-state index in [4.69, 9.17) is 9.73 Å². The quantitative estimate of drug-likeness (QED) is 0.776. The van der Waals surface area contributed by atoms with Crippen molar-refractivity contribution in [1.29, 1.82) is 0 Å². The van der Waals surface area contributed by atoms with Gasteiger partial charge in [0.05, 0.1) is 18.3 Å². The number of amidine groups is 1. The number of nitrogens with one attached hydrogen (secondary N) is 2. The molecule has 0 saturated carbocycles. The van der Waals surface area contributed by atoms with Gasteiger partial charge in [-0.1, -0.05) is 24.3 Å². The second-order valence-corrected chi connectivity index (χ2v) is 8.96. The molecular weight excluding hydrogens is 402 g/mol. The van der Waals surface area contributed by atoms with Gasteiger partial charge in [-0.25, -0.2) is 0 Å². The first-order chi connectivity index (χ1) is 15.6. The number of nitrogens with zero attached hydrogens (tertiary/aromatic N) is 3. The van der Waals surface area contributed by atoms with Crippen LogP contribution in [0.4, 0.5) is 11.4 Å². The maximum absolute atomic E-state index is 12.5. The lowest BCUT2D eigenvalue weighted by Gasteiger charge is -2.31. The van der Waals surface area contributed by atoms with Crippen LogP contribution in [0.3, 0.4) is 0 Å². The first-order valence-electron chi connectivity index (χ1n) is 11.5. The van der Waals surface area contributed by atoms with Gasteiger partial charge < -0.3 is 20.3 Å². The largest absolute Gasteiger partial charge is 0.460 e. The molecule has 0 spiro atoms. The second kappa shape index (κ2) is 9.30. The van der Waals surface area contributed by atoms with Crippen LogP contribution in [-0.2, 0) is 22.6 Å². The number of hydrogen-bond donors (Lipinski definition) is 2. The Labute approximate surface area is 189 Å². The number of fused-ring (bicyclic) bond motifs is 2. The SMILES string of the molecule is CN1CCN(CC(=O)Nc2ccc3c(c2)COC(N[C@@H]2CCCc4ccccc42)=N3)CC1. The first-order valence-corrected chi connectivity index (χ1v) is 11.5. The zero-order valence-corrected chi connectivity index (χ0v) is 18.6. The minimum atomic E-state index is 0.0213. The molecule has 7 nitrogen and oxygen atoms in total. The number of hydrogen-bond acceptors (Lipinski definition) is 6. The number of aryl methyl sites for hydroxylation is 1. The monoisotopic (exact) mass is 433 g/mol. The summed E-state index contributed by atoms with van der Waals surface area (Å²) in [6.07, 6.45) is 3.37. The third-order valence-corrected chi connectivity index (χ3v) is 6.58. The lowest BCUT2D eigenvalue weighted by atomic mass is 9.88. The molecule has 0 aromatic heterocycles. The highest BCUT2D eigenvalue weighted by Crippen LogP contribution is 2.31. The summed E-state index contributed by atoms with van der Waals surface area (Å²) in [6.45, 7) is 4.73. The maximum Gasteiger partial charge on any atom is 0.290 e. The second-order valence-electron chi connectivity index (χ2n) is 8.96. The molecule has 2 N–H and O–H groups in total. The molecule has 2 aromatic carbocycles. The van der Waals surface area contributed by atoms with E-state index in [2.05, 4.69) is 51.7 Å². The van der Waals surface area contributed by atoms with Crippen molar-refractivity contribution in [2.24, 2.45) is 4.99 Å². The van der Waals surface area contributed by atoms with Crippen molar-refractivity contribution in [3.8, 4) is 0 Å². The number of carbonyl (C=O) groups is 1. The minimum absolute atomic E-state index is 0.0213. The molecule has 32 heavy (non-hydrogen) atoms. The molecular formula is C25H31N5O2. The average molecular weight is 434 g/mol. The van der Waals surface area contributed by atoms with Gasteiger partial charge in [0.1, 0.15) is 6.61 Å². The fraction of sp³-hybridized carbons (Fsp3) is 0.440. The van der Waals surface area contributed by atoms with Crippen molar-refractivity contribution < 1.29 is 9.53 Å². The highest BCUT2D eigenvalue weighted by Gasteiger charge is 2.23. The van der Waals surface area contributed by atoms with E-state index < -0.39 is 0 Å². The first kappa shape index (κ1) is 21.0. The van der Waals surface area contributed by atoms with E-state index >= 15 is 0 Å². The summed E-state index contributed by atoms with van der Waals surface area (Å²) in [5.41, 5.74) is 5.41. The van der Waals surface area contributed by atoms with Crippen LogP contribution in [0.2, 0.25) is 0 Å². The summed E-state index contributed by atoms with van der Waals surface area (Å²) in [5.74, 6) is 0.0213. The molecule has 0 unspecified atom stereocenters. The number of benzene rings is 2. The van der Waals surface area contributed by atoms with E-state index in [0.29, 0.717) is 19.2 Å². The van der Waals surface area contributed by atoms with Crippen molar-refractivity contribution in [3.63, 3.8) is 0 Å². The van der Waals surface area contributed by atoms with E-state index in [1.807, 2.05) is 18.2 Å². The molecule has 2 heterocycles. The fourth-order valence-corrected chi connectivity index (χ4v) is 4.71. The molecule has 1 saturated heterocycles. The third kappa shape index (κ3) is 4.79. The molecule has 0 bridgehead atoms. The Kier molecular flexibility index (Phi) is 6.10. The summed E-state index contributed by atoms with van der Waals surface area (Å²) in [6, 6.07) is 15.3. The molecule has 5 rings (SSSR count). The van der Waals surface area contributed by atoms with Gasteiger partial charge in [-0.15, -0.1) is 0 Å². The molecule has 1 aliphatic carbocycles. The van der Waals surface area contributed by atoms with Crippen molar-refractivity contribution in [2.75, 3.05) is 45.1 Å². The molecule has 2 aromatic rings. The van der Waals surface area contributed by atoms with Gasteiger partial charge >= 0.3 is 0 Å². The summed E-state index contributed by atoms with van der Waals surface area (Å²) < 4.78 is 5.93. The number of ether oxygens (including phenoxy) is 1. The lowest BCUT2D eigenvalue weighted by Crippen LogP contribution is -2.47. The van der Waals surface area contributed by atoms with Crippen LogP contribution >= 0.6 is 0 Å². The smallest absolute Gasteiger partial charge is 0.290 e. The minimum Gasteiger partial charge on any atom is -0.460 e. The normalized spacial score (nSPS) is 21.0. The van der Waals surface area contributed by atoms with Crippen LogP contribution in [0, 0.1) is 0 Å². The number of aliphatic imine (C=N–C) groups is 1. The Balaban J connectivity index is 1.21. The van der Waals surface area contributed by atoms with Crippen molar-refractivity contribution in [3.05, 3.63) is 59.2 Å². The van der Waals surface area contributed by atoms with E-state index in [1.54, 1.807) is 0 Å². The number of piperazine rings is 1. The Morgan fingerprint density at radius 3 is 2.84 bits per heavy atom. The van der Waals surface area contributed by atoms with Gasteiger partial charge in [0.25, 0.3) is 6.02 Å². The number of anilines is 1. The van der Waals surface area contributed by atoms with Gasteiger partial charge in [0.15, 0.2) is 0 Å². The van der Waals surface area contributed by atoms with Gasteiger partial charge in [-0.2, -0.15) is 4.99 Å². The number of rotatable bonds is 4. The van der Waals surface area contributed by atoms with Gasteiger partial charge in [0.2, 0.25) is 5.91 Å². The number of likely N-dealkylation sites (N-methyl/N-ethyl adjacent to an activating group) is 1. The van der Waals surface area contributed by atoms with E-state index in [1.165, 1.54) is 11.1 Å². The average Bonchev–Trinajstić information content (AvgIpc) is 2.81.